The molecule has 0 amide bonds. The Bertz CT molecular complexity index is 103. The van der Waals surface area contributed by atoms with E-state index in [2.05, 4.69) is 32.6 Å². The highest BCUT2D eigenvalue weighted by molar-refractivity contribution is 7.55. The van der Waals surface area contributed by atoms with Crippen LogP contribution in [0.4, 0.5) is 0 Å². The third-order valence-electron chi connectivity index (χ3n) is 1.29. The van der Waals surface area contributed by atoms with Crippen LogP contribution in [0.25, 0.3) is 0 Å². The lowest BCUT2D eigenvalue weighted by Gasteiger charge is -2.14. The van der Waals surface area contributed by atoms with Gasteiger partial charge in [-0.3, -0.25) is 0 Å². The molecule has 0 fully saturated rings. The second-order valence-corrected chi connectivity index (χ2v) is 5.70. The van der Waals surface area contributed by atoms with E-state index in [1.807, 2.05) is 0 Å². The van der Waals surface area contributed by atoms with E-state index in [1.165, 1.54) is 0 Å². The number of nitrogens with zero attached hydrogens (tertiary/aromatic N) is 1. The van der Waals surface area contributed by atoms with Gasteiger partial charge in [-0.2, -0.15) is 4.88 Å². The first kappa shape index (κ1) is 11.0. The summed E-state index contributed by atoms with van der Waals surface area (Å²) in [6.45, 7) is 8.78. The summed E-state index contributed by atoms with van der Waals surface area (Å²) in [5, 5.41) is 0. The zero-order valence-electron chi connectivity index (χ0n) is 7.96. The molecule has 2 nitrogen and oxygen atoms in total. The van der Waals surface area contributed by atoms with Crippen molar-refractivity contribution in [2.75, 3.05) is 12.3 Å². The topological polar surface area (TPSA) is 36.2 Å². The molecule has 0 radical (unpaired) electrons. The zero-order valence-corrected chi connectivity index (χ0v) is 8.86. The molecule has 0 heterocycles. The average molecular weight is 174 g/mol. The van der Waals surface area contributed by atoms with E-state index in [1.54, 1.807) is 0 Å². The highest BCUT2D eigenvalue weighted by Gasteiger charge is 2.10. The molecule has 0 unspecified atom stereocenters. The van der Waals surface area contributed by atoms with Crippen molar-refractivity contribution in [1.82, 2.24) is 0 Å². The fourth-order valence-electron chi connectivity index (χ4n) is 0.999. The predicted molar refractivity (Wildman–Crippen MR) is 51.5 cm³/mol. The molecule has 0 aliphatic heterocycles. The van der Waals surface area contributed by atoms with Gasteiger partial charge in [-0.25, -0.2) is 5.53 Å². The summed E-state index contributed by atoms with van der Waals surface area (Å²) in [6.07, 6.45) is 2.24. The second-order valence-electron chi connectivity index (χ2n) is 3.76. The molecule has 0 aromatic carbocycles. The summed E-state index contributed by atoms with van der Waals surface area (Å²) < 4.78 is 0. The number of hydrogen-bond donors (Lipinski definition) is 1. The maximum Gasteiger partial charge on any atom is 0.0403 e. The molecule has 66 valence electrons. The van der Waals surface area contributed by atoms with Gasteiger partial charge in [-0.05, 0) is 24.2 Å². The standard InChI is InChI=1S/C8H19N2P/c1-7(2)5-11(10-9)6-8(3)4/h7-9H,5-6H2,1-4H3. The number of hydrogen-bond acceptors (Lipinski definition) is 2. The lowest BCUT2D eigenvalue weighted by atomic mass is 10.3. The second kappa shape index (κ2) is 5.65. The Balaban J connectivity index is 3.67. The number of rotatable bonds is 5. The average Bonchev–Trinajstić information content (AvgIpc) is 1.84. The largest absolute Gasteiger partial charge is 0.206 e. The van der Waals surface area contributed by atoms with E-state index in [0.717, 1.165) is 12.3 Å². The van der Waals surface area contributed by atoms with Gasteiger partial charge in [0.25, 0.3) is 0 Å². The van der Waals surface area contributed by atoms with Crippen LogP contribution in [0.5, 0.6) is 0 Å². The van der Waals surface area contributed by atoms with Crippen LogP contribution in [-0.4, -0.2) is 12.3 Å². The maximum atomic E-state index is 7.00. The van der Waals surface area contributed by atoms with Gasteiger partial charge in [-0.1, -0.05) is 27.7 Å². The number of nitrogens with one attached hydrogen (secondary N) is 1. The van der Waals surface area contributed by atoms with E-state index in [4.69, 9.17) is 5.53 Å². The minimum absolute atomic E-state index is 0.346. The molecule has 0 aromatic rings. The highest BCUT2D eigenvalue weighted by Crippen LogP contribution is 2.40. The molecule has 0 aliphatic carbocycles. The fourth-order valence-corrected chi connectivity index (χ4v) is 3.00. The lowest BCUT2D eigenvalue weighted by Crippen LogP contribution is -2.00. The molecule has 11 heavy (non-hydrogen) atoms. The van der Waals surface area contributed by atoms with Crippen molar-refractivity contribution in [2.24, 2.45) is 16.7 Å². The molecular formula is C8H19N2P. The van der Waals surface area contributed by atoms with Gasteiger partial charge < -0.3 is 0 Å². The molecule has 0 bridgehead atoms. The monoisotopic (exact) mass is 174 g/mol. The minimum Gasteiger partial charge on any atom is -0.206 e. The van der Waals surface area contributed by atoms with Gasteiger partial charge in [0.1, 0.15) is 0 Å². The summed E-state index contributed by atoms with van der Waals surface area (Å²) in [6, 6.07) is 0. The van der Waals surface area contributed by atoms with E-state index >= 15 is 0 Å². The summed E-state index contributed by atoms with van der Waals surface area (Å²) in [4.78, 5) is 3.68. The van der Waals surface area contributed by atoms with Gasteiger partial charge in [0.2, 0.25) is 0 Å². The molecule has 0 saturated heterocycles. The third-order valence-corrected chi connectivity index (χ3v) is 3.88. The fraction of sp³-hybridized carbons (Fsp3) is 1.00. The van der Waals surface area contributed by atoms with Crippen LogP contribution in [0.1, 0.15) is 27.7 Å². The molecule has 3 heteroatoms. The molecule has 0 aromatic heterocycles. The van der Waals surface area contributed by atoms with Gasteiger partial charge >= 0.3 is 0 Å². The van der Waals surface area contributed by atoms with E-state index in [-0.39, 0.29) is 8.07 Å². The van der Waals surface area contributed by atoms with Gasteiger partial charge in [-0.15, -0.1) is 0 Å². The summed E-state index contributed by atoms with van der Waals surface area (Å²) >= 11 is 0. The molecule has 0 aliphatic rings. The van der Waals surface area contributed by atoms with Crippen LogP contribution in [0.2, 0.25) is 0 Å². The third kappa shape index (κ3) is 6.43. The van der Waals surface area contributed by atoms with Crippen molar-refractivity contribution in [1.29, 1.82) is 5.53 Å². The Labute approximate surface area is 71.1 Å². The predicted octanol–water partition coefficient (Wildman–Crippen LogP) is 3.73. The van der Waals surface area contributed by atoms with E-state index in [9.17, 15) is 0 Å². The van der Waals surface area contributed by atoms with Crippen molar-refractivity contribution < 1.29 is 0 Å². The van der Waals surface area contributed by atoms with Crippen LogP contribution in [-0.2, 0) is 0 Å². The minimum atomic E-state index is -0.346. The van der Waals surface area contributed by atoms with E-state index < -0.39 is 0 Å². The summed E-state index contributed by atoms with van der Waals surface area (Å²) in [5.41, 5.74) is 7.00. The highest BCUT2D eigenvalue weighted by atomic mass is 31.1. The molecule has 0 atom stereocenters. The maximum absolute atomic E-state index is 7.00. The van der Waals surface area contributed by atoms with Gasteiger partial charge in [0.15, 0.2) is 0 Å². The van der Waals surface area contributed by atoms with Crippen molar-refractivity contribution in [3.63, 3.8) is 0 Å². The Morgan fingerprint density at radius 2 is 1.45 bits per heavy atom. The van der Waals surface area contributed by atoms with Crippen LogP contribution in [0.15, 0.2) is 4.88 Å². The molecule has 0 rings (SSSR count). The Kier molecular flexibility index (Phi) is 5.67. The molecule has 0 spiro atoms. The van der Waals surface area contributed by atoms with Crippen LogP contribution in [0, 0.1) is 17.4 Å². The molecular weight excluding hydrogens is 155 g/mol. The molecule has 0 saturated carbocycles. The summed E-state index contributed by atoms with van der Waals surface area (Å²) in [7, 11) is -0.346. The quantitative estimate of drug-likeness (QED) is 0.487. The normalized spacial score (nSPS) is 11.5. The van der Waals surface area contributed by atoms with Crippen molar-refractivity contribution in [3.05, 3.63) is 0 Å². The van der Waals surface area contributed by atoms with Crippen LogP contribution >= 0.6 is 8.07 Å². The van der Waals surface area contributed by atoms with Crippen LogP contribution < -0.4 is 0 Å². The lowest BCUT2D eigenvalue weighted by molar-refractivity contribution is 0.716. The Hall–Kier alpha value is 0.0300. The first-order chi connectivity index (χ1) is 5.06. The SMILES string of the molecule is CC(C)CP(CC(C)C)N=N. The van der Waals surface area contributed by atoms with Gasteiger partial charge in [0.05, 0.1) is 0 Å². The molecule has 1 N–H and O–H groups in total. The van der Waals surface area contributed by atoms with Crippen molar-refractivity contribution in [2.45, 2.75) is 27.7 Å². The van der Waals surface area contributed by atoms with Crippen LogP contribution in [0.3, 0.4) is 0 Å². The Morgan fingerprint density at radius 3 is 1.64 bits per heavy atom. The first-order valence-corrected chi connectivity index (χ1v) is 5.85. The van der Waals surface area contributed by atoms with Crippen molar-refractivity contribution >= 4 is 8.07 Å². The van der Waals surface area contributed by atoms with Crippen molar-refractivity contribution in [3.8, 4) is 0 Å². The van der Waals surface area contributed by atoms with E-state index in [0.29, 0.717) is 11.8 Å². The van der Waals surface area contributed by atoms with Gasteiger partial charge in [0, 0.05) is 8.07 Å². The summed E-state index contributed by atoms with van der Waals surface area (Å²) in [5.74, 6) is 1.38. The smallest absolute Gasteiger partial charge is 0.0403 e. The Morgan fingerprint density at radius 1 is 1.09 bits per heavy atom. The first-order valence-electron chi connectivity index (χ1n) is 4.18. The zero-order chi connectivity index (χ0) is 8.85.